The molecule has 0 radical (unpaired) electrons. The number of nitrogens with one attached hydrogen (secondary N) is 1. The Hall–Kier alpha value is -1.81. The van der Waals surface area contributed by atoms with Crippen LogP contribution in [0.4, 0.5) is 0 Å². The number of primary amides is 1. The monoisotopic (exact) mass is 273 g/mol. The molecule has 1 aromatic heterocycles. The van der Waals surface area contributed by atoms with E-state index in [-0.39, 0.29) is 17.9 Å². The van der Waals surface area contributed by atoms with Crippen LogP contribution in [0.15, 0.2) is 24.3 Å². The molecule has 20 heavy (non-hydrogen) atoms. The van der Waals surface area contributed by atoms with Gasteiger partial charge >= 0.3 is 0 Å². The Morgan fingerprint density at radius 1 is 1.35 bits per heavy atom. The normalized spacial score (nSPS) is 13.1. The predicted octanol–water partition coefficient (Wildman–Crippen LogP) is 2.09. The summed E-state index contributed by atoms with van der Waals surface area (Å²) in [5.41, 5.74) is 9.10. The summed E-state index contributed by atoms with van der Waals surface area (Å²) >= 11 is 0. The standard InChI is InChI=1S/C16H23N3O/c1-10(2)15(16(17)20)18-9-14-11(3)12-7-5-6-8-13(12)19(14)4/h5-8,10,15,18H,9H2,1-4H3,(H2,17,20). The molecule has 1 aromatic carbocycles. The van der Waals surface area contributed by atoms with Gasteiger partial charge in [-0.15, -0.1) is 0 Å². The fourth-order valence-electron chi connectivity index (χ4n) is 2.76. The molecule has 1 amide bonds. The Balaban J connectivity index is 2.28. The summed E-state index contributed by atoms with van der Waals surface area (Å²) in [7, 11) is 2.06. The summed E-state index contributed by atoms with van der Waals surface area (Å²) in [5, 5.41) is 4.54. The second-order valence-electron chi connectivity index (χ2n) is 5.65. The lowest BCUT2D eigenvalue weighted by atomic mass is 10.0. The Morgan fingerprint density at radius 3 is 2.55 bits per heavy atom. The molecular weight excluding hydrogens is 250 g/mol. The van der Waals surface area contributed by atoms with Crippen LogP contribution in [0.5, 0.6) is 0 Å². The molecule has 0 bridgehead atoms. The molecule has 0 aliphatic carbocycles. The molecule has 3 N–H and O–H groups in total. The van der Waals surface area contributed by atoms with Gasteiger partial charge in [-0.3, -0.25) is 4.79 Å². The molecule has 1 atom stereocenters. The zero-order valence-electron chi connectivity index (χ0n) is 12.6. The van der Waals surface area contributed by atoms with Crippen LogP contribution in [0, 0.1) is 12.8 Å². The van der Waals surface area contributed by atoms with Crippen LogP contribution in [-0.4, -0.2) is 16.5 Å². The number of rotatable bonds is 5. The zero-order chi connectivity index (χ0) is 14.9. The van der Waals surface area contributed by atoms with E-state index in [1.54, 1.807) is 0 Å². The lowest BCUT2D eigenvalue weighted by molar-refractivity contribution is -0.121. The van der Waals surface area contributed by atoms with E-state index < -0.39 is 0 Å². The van der Waals surface area contributed by atoms with Crippen molar-refractivity contribution in [2.24, 2.45) is 18.7 Å². The maximum Gasteiger partial charge on any atom is 0.234 e. The Kier molecular flexibility index (Phi) is 4.14. The third kappa shape index (κ3) is 2.56. The summed E-state index contributed by atoms with van der Waals surface area (Å²) in [6.07, 6.45) is 0. The van der Waals surface area contributed by atoms with Crippen molar-refractivity contribution < 1.29 is 4.79 Å². The van der Waals surface area contributed by atoms with E-state index >= 15 is 0 Å². The van der Waals surface area contributed by atoms with Gasteiger partial charge < -0.3 is 15.6 Å². The van der Waals surface area contributed by atoms with E-state index in [0.29, 0.717) is 6.54 Å². The summed E-state index contributed by atoms with van der Waals surface area (Å²) in [4.78, 5) is 11.5. The SMILES string of the molecule is Cc1c(CNC(C(N)=O)C(C)C)n(C)c2ccccc12. The number of hydrogen-bond donors (Lipinski definition) is 2. The number of carbonyl (C=O) groups is 1. The average Bonchev–Trinajstić information content (AvgIpc) is 2.63. The molecule has 108 valence electrons. The summed E-state index contributed by atoms with van der Waals surface area (Å²) < 4.78 is 2.18. The van der Waals surface area contributed by atoms with Crippen molar-refractivity contribution >= 4 is 16.8 Å². The summed E-state index contributed by atoms with van der Waals surface area (Å²) in [5.74, 6) is -0.112. The van der Waals surface area contributed by atoms with E-state index in [2.05, 4.69) is 36.0 Å². The second kappa shape index (κ2) is 5.67. The highest BCUT2D eigenvalue weighted by Crippen LogP contribution is 2.24. The largest absolute Gasteiger partial charge is 0.368 e. The highest BCUT2D eigenvalue weighted by atomic mass is 16.1. The molecular formula is C16H23N3O. The molecule has 0 aliphatic heterocycles. The van der Waals surface area contributed by atoms with Crippen LogP contribution < -0.4 is 11.1 Å². The van der Waals surface area contributed by atoms with E-state index in [9.17, 15) is 4.79 Å². The third-order valence-electron chi connectivity index (χ3n) is 3.97. The number of hydrogen-bond acceptors (Lipinski definition) is 2. The van der Waals surface area contributed by atoms with Crippen LogP contribution >= 0.6 is 0 Å². The molecule has 0 fully saturated rings. The number of carbonyl (C=O) groups excluding carboxylic acids is 1. The molecule has 4 heteroatoms. The van der Waals surface area contributed by atoms with Crippen molar-refractivity contribution in [3.8, 4) is 0 Å². The van der Waals surface area contributed by atoms with Crippen LogP contribution in [0.3, 0.4) is 0 Å². The minimum absolute atomic E-state index is 0.183. The van der Waals surface area contributed by atoms with Crippen LogP contribution in [0.2, 0.25) is 0 Å². The van der Waals surface area contributed by atoms with Crippen molar-refractivity contribution in [2.75, 3.05) is 0 Å². The lowest BCUT2D eigenvalue weighted by Crippen LogP contribution is -2.44. The van der Waals surface area contributed by atoms with E-state index in [0.717, 1.165) is 0 Å². The smallest absolute Gasteiger partial charge is 0.234 e. The van der Waals surface area contributed by atoms with Gasteiger partial charge in [-0.05, 0) is 24.5 Å². The quantitative estimate of drug-likeness (QED) is 0.876. The van der Waals surface area contributed by atoms with Gasteiger partial charge in [0, 0.05) is 30.2 Å². The van der Waals surface area contributed by atoms with Gasteiger partial charge in [0.2, 0.25) is 5.91 Å². The molecule has 0 saturated carbocycles. The van der Waals surface area contributed by atoms with E-state index in [4.69, 9.17) is 5.73 Å². The zero-order valence-corrected chi connectivity index (χ0v) is 12.6. The first-order chi connectivity index (χ1) is 9.43. The molecule has 0 spiro atoms. The average molecular weight is 273 g/mol. The predicted molar refractivity (Wildman–Crippen MR) is 82.3 cm³/mol. The van der Waals surface area contributed by atoms with E-state index in [1.165, 1.54) is 22.2 Å². The van der Waals surface area contributed by atoms with Gasteiger partial charge in [-0.2, -0.15) is 0 Å². The number of para-hydroxylation sites is 1. The highest BCUT2D eigenvalue weighted by molar-refractivity contribution is 5.85. The van der Waals surface area contributed by atoms with Gasteiger partial charge in [0.15, 0.2) is 0 Å². The van der Waals surface area contributed by atoms with Gasteiger partial charge in [0.25, 0.3) is 0 Å². The number of nitrogens with zero attached hydrogens (tertiary/aromatic N) is 1. The minimum atomic E-state index is -0.299. The van der Waals surface area contributed by atoms with Crippen molar-refractivity contribution in [2.45, 2.75) is 33.4 Å². The fraction of sp³-hybridized carbons (Fsp3) is 0.438. The topological polar surface area (TPSA) is 60.0 Å². The molecule has 4 nitrogen and oxygen atoms in total. The van der Waals surface area contributed by atoms with Crippen LogP contribution in [0.1, 0.15) is 25.1 Å². The second-order valence-corrected chi connectivity index (χ2v) is 5.65. The Morgan fingerprint density at radius 2 is 2.00 bits per heavy atom. The number of amides is 1. The molecule has 1 unspecified atom stereocenters. The molecule has 0 saturated heterocycles. The maximum absolute atomic E-state index is 11.5. The van der Waals surface area contributed by atoms with Crippen LogP contribution in [0.25, 0.3) is 10.9 Å². The third-order valence-corrected chi connectivity index (χ3v) is 3.97. The van der Waals surface area contributed by atoms with Crippen LogP contribution in [-0.2, 0) is 18.4 Å². The van der Waals surface area contributed by atoms with Gasteiger partial charge in [-0.25, -0.2) is 0 Å². The first-order valence-corrected chi connectivity index (χ1v) is 6.99. The molecule has 2 aromatic rings. The number of benzene rings is 1. The minimum Gasteiger partial charge on any atom is -0.368 e. The Labute approximate surface area is 120 Å². The molecule has 0 aliphatic rings. The van der Waals surface area contributed by atoms with Crippen molar-refractivity contribution in [1.29, 1.82) is 0 Å². The van der Waals surface area contributed by atoms with E-state index in [1.807, 2.05) is 26.0 Å². The van der Waals surface area contributed by atoms with Gasteiger partial charge in [0.1, 0.15) is 0 Å². The number of nitrogens with two attached hydrogens (primary N) is 1. The van der Waals surface area contributed by atoms with Crippen molar-refractivity contribution in [3.05, 3.63) is 35.5 Å². The Bertz CT molecular complexity index is 589. The number of fused-ring (bicyclic) bond motifs is 1. The lowest BCUT2D eigenvalue weighted by Gasteiger charge is -2.19. The fourth-order valence-corrected chi connectivity index (χ4v) is 2.76. The van der Waals surface area contributed by atoms with Crippen molar-refractivity contribution in [3.63, 3.8) is 0 Å². The van der Waals surface area contributed by atoms with Gasteiger partial charge in [-0.1, -0.05) is 32.0 Å². The molecule has 2 rings (SSSR count). The molecule has 1 heterocycles. The summed E-state index contributed by atoms with van der Waals surface area (Å²) in [6.45, 7) is 6.75. The first kappa shape index (κ1) is 14.6. The maximum atomic E-state index is 11.5. The number of aromatic nitrogens is 1. The number of aryl methyl sites for hydroxylation is 2. The summed E-state index contributed by atoms with van der Waals surface area (Å²) in [6, 6.07) is 8.03. The van der Waals surface area contributed by atoms with Gasteiger partial charge in [0.05, 0.1) is 6.04 Å². The highest BCUT2D eigenvalue weighted by Gasteiger charge is 2.20. The van der Waals surface area contributed by atoms with Crippen molar-refractivity contribution in [1.82, 2.24) is 9.88 Å². The first-order valence-electron chi connectivity index (χ1n) is 6.99.